The van der Waals surface area contributed by atoms with E-state index in [9.17, 15) is 18.4 Å². The highest BCUT2D eigenvalue weighted by atomic mass is 19.1. The summed E-state index contributed by atoms with van der Waals surface area (Å²) in [5.41, 5.74) is 4.92. The van der Waals surface area contributed by atoms with Gasteiger partial charge in [-0.25, -0.2) is 18.4 Å². The fourth-order valence-corrected chi connectivity index (χ4v) is 3.27. The van der Waals surface area contributed by atoms with Gasteiger partial charge < -0.3 is 20.7 Å². The second-order valence-corrected chi connectivity index (χ2v) is 6.19. The van der Waals surface area contributed by atoms with E-state index >= 15 is 0 Å². The molecule has 9 heteroatoms. The van der Waals surface area contributed by atoms with Crippen LogP contribution in [0.4, 0.5) is 24.1 Å². The molecule has 2 aliphatic rings. The lowest BCUT2D eigenvalue weighted by Gasteiger charge is -2.38. The number of nitrogens with one attached hydrogen (secondary N) is 1. The summed E-state index contributed by atoms with van der Waals surface area (Å²) in [6.07, 6.45) is 1.62. The number of primary amides is 1. The minimum Gasteiger partial charge on any atom is -0.486 e. The number of fused-ring (bicyclic) bond motifs is 1. The highest BCUT2D eigenvalue weighted by molar-refractivity contribution is 5.94. The number of urea groups is 2. The van der Waals surface area contributed by atoms with Crippen molar-refractivity contribution in [2.24, 2.45) is 11.7 Å². The molecule has 1 atom stereocenters. The maximum Gasteiger partial charge on any atom is 0.324 e. The number of hydrogen-bond donors (Lipinski definition) is 2. The third-order valence-electron chi connectivity index (χ3n) is 4.45. The molecule has 3 N–H and O–H groups in total. The Balaban J connectivity index is 1.76. The Morgan fingerprint density at radius 2 is 2.04 bits per heavy atom. The van der Waals surface area contributed by atoms with E-state index < -0.39 is 23.7 Å². The molecule has 7 nitrogen and oxygen atoms in total. The number of hydrogen-bond acceptors (Lipinski definition) is 3. The van der Waals surface area contributed by atoms with Crippen molar-refractivity contribution in [2.45, 2.75) is 12.8 Å². The van der Waals surface area contributed by atoms with E-state index in [1.54, 1.807) is 4.90 Å². The van der Waals surface area contributed by atoms with E-state index in [2.05, 4.69) is 5.32 Å². The molecule has 2 aliphatic heterocycles. The zero-order valence-corrected chi connectivity index (χ0v) is 13.6. The molecule has 2 heterocycles. The molecule has 1 unspecified atom stereocenters. The van der Waals surface area contributed by atoms with E-state index in [1.807, 2.05) is 0 Å². The summed E-state index contributed by atoms with van der Waals surface area (Å²) in [4.78, 5) is 26.5. The Bertz CT molecular complexity index is 686. The summed E-state index contributed by atoms with van der Waals surface area (Å²) >= 11 is 0. The Labute approximate surface area is 143 Å². The van der Waals surface area contributed by atoms with Crippen LogP contribution in [0.25, 0.3) is 0 Å². The maximum absolute atomic E-state index is 14.2. The van der Waals surface area contributed by atoms with Gasteiger partial charge >= 0.3 is 12.1 Å². The number of anilines is 1. The first-order valence-electron chi connectivity index (χ1n) is 8.18. The molecule has 3 rings (SSSR count). The van der Waals surface area contributed by atoms with Crippen LogP contribution in [0.2, 0.25) is 0 Å². The van der Waals surface area contributed by atoms with Gasteiger partial charge in [-0.2, -0.15) is 0 Å². The van der Waals surface area contributed by atoms with E-state index in [1.165, 1.54) is 4.90 Å². The summed E-state index contributed by atoms with van der Waals surface area (Å²) in [5.74, 6) is -1.56. The molecule has 0 spiro atoms. The van der Waals surface area contributed by atoms with Crippen LogP contribution in [0.5, 0.6) is 5.75 Å². The molecule has 136 valence electrons. The molecular weight excluding hydrogens is 334 g/mol. The first-order chi connectivity index (χ1) is 12.0. The van der Waals surface area contributed by atoms with Crippen LogP contribution < -0.4 is 20.7 Å². The zero-order chi connectivity index (χ0) is 18.0. The molecule has 0 bridgehead atoms. The van der Waals surface area contributed by atoms with E-state index in [0.717, 1.165) is 25.0 Å². The molecule has 0 saturated carbocycles. The summed E-state index contributed by atoms with van der Waals surface area (Å²) < 4.78 is 33.3. The van der Waals surface area contributed by atoms with Gasteiger partial charge in [0.05, 0.1) is 6.54 Å². The number of nitrogens with two attached hydrogens (primary N) is 1. The number of amides is 4. The minimum atomic E-state index is -0.701. The predicted octanol–water partition coefficient (Wildman–Crippen LogP) is 1.66. The smallest absolute Gasteiger partial charge is 0.324 e. The first kappa shape index (κ1) is 17.2. The van der Waals surface area contributed by atoms with Crippen molar-refractivity contribution in [1.82, 2.24) is 10.2 Å². The van der Waals surface area contributed by atoms with Crippen molar-refractivity contribution in [3.05, 3.63) is 23.8 Å². The van der Waals surface area contributed by atoms with Gasteiger partial charge in [-0.3, -0.25) is 4.90 Å². The van der Waals surface area contributed by atoms with Crippen LogP contribution >= 0.6 is 0 Å². The van der Waals surface area contributed by atoms with Crippen molar-refractivity contribution in [1.29, 1.82) is 0 Å². The fourth-order valence-electron chi connectivity index (χ4n) is 3.27. The third kappa shape index (κ3) is 3.59. The highest BCUT2D eigenvalue weighted by Crippen LogP contribution is 2.37. The summed E-state index contributed by atoms with van der Waals surface area (Å²) in [7, 11) is 0. The topological polar surface area (TPSA) is 87.9 Å². The molecule has 25 heavy (non-hydrogen) atoms. The normalized spacial score (nSPS) is 19.8. The number of halogens is 2. The zero-order valence-electron chi connectivity index (χ0n) is 13.6. The summed E-state index contributed by atoms with van der Waals surface area (Å²) in [5, 5.41) is 2.54. The molecule has 1 aromatic carbocycles. The number of benzene rings is 1. The van der Waals surface area contributed by atoms with Crippen LogP contribution in [-0.4, -0.2) is 49.7 Å². The van der Waals surface area contributed by atoms with Gasteiger partial charge in [-0.15, -0.1) is 0 Å². The average molecular weight is 354 g/mol. The average Bonchev–Trinajstić information content (AvgIpc) is 2.62. The highest BCUT2D eigenvalue weighted by Gasteiger charge is 2.34. The van der Waals surface area contributed by atoms with Crippen LogP contribution in [0.15, 0.2) is 12.1 Å². The molecule has 0 aliphatic carbocycles. The van der Waals surface area contributed by atoms with Gasteiger partial charge in [0.2, 0.25) is 0 Å². The minimum absolute atomic E-state index is 0.0723. The Morgan fingerprint density at radius 1 is 1.28 bits per heavy atom. The second kappa shape index (κ2) is 7.12. The lowest BCUT2D eigenvalue weighted by molar-refractivity contribution is 0.167. The van der Waals surface area contributed by atoms with Gasteiger partial charge in [-0.1, -0.05) is 0 Å². The molecule has 1 saturated heterocycles. The van der Waals surface area contributed by atoms with Crippen molar-refractivity contribution in [3.63, 3.8) is 0 Å². The van der Waals surface area contributed by atoms with E-state index in [-0.39, 0.29) is 30.5 Å². The molecule has 1 fully saturated rings. The number of rotatable bonds is 2. The number of carbonyl (C=O) groups excluding carboxylic acids is 2. The lowest BCUT2D eigenvalue weighted by atomic mass is 9.98. The Kier molecular flexibility index (Phi) is 4.91. The molecule has 0 radical (unpaired) electrons. The van der Waals surface area contributed by atoms with Crippen molar-refractivity contribution in [3.8, 4) is 5.75 Å². The van der Waals surface area contributed by atoms with Gasteiger partial charge in [0, 0.05) is 19.6 Å². The second-order valence-electron chi connectivity index (χ2n) is 6.19. The molecule has 1 aromatic rings. The van der Waals surface area contributed by atoms with Gasteiger partial charge in [0.15, 0.2) is 17.4 Å². The SMILES string of the molecule is NC(=O)NCC1CCCN(C(=O)N2CCOc3c(F)ccc(F)c32)C1. The molecule has 4 amide bonds. The molecular formula is C16H20F2N4O3. The van der Waals surface area contributed by atoms with Crippen LogP contribution in [0.3, 0.4) is 0 Å². The number of carbonyl (C=O) groups is 2. The van der Waals surface area contributed by atoms with Crippen molar-refractivity contribution >= 4 is 17.7 Å². The van der Waals surface area contributed by atoms with Crippen LogP contribution in [0, 0.1) is 17.6 Å². The van der Waals surface area contributed by atoms with Crippen molar-refractivity contribution in [2.75, 3.05) is 37.7 Å². The van der Waals surface area contributed by atoms with Crippen LogP contribution in [0.1, 0.15) is 12.8 Å². The maximum atomic E-state index is 14.2. The van der Waals surface area contributed by atoms with Gasteiger partial charge in [0.1, 0.15) is 12.3 Å². The lowest BCUT2D eigenvalue weighted by Crippen LogP contribution is -2.51. The molecule has 0 aromatic heterocycles. The largest absolute Gasteiger partial charge is 0.486 e. The Morgan fingerprint density at radius 3 is 2.80 bits per heavy atom. The summed E-state index contributed by atoms with van der Waals surface area (Å²) in [6.45, 7) is 1.56. The monoisotopic (exact) mass is 354 g/mol. The number of likely N-dealkylation sites (tertiary alicyclic amines) is 1. The van der Waals surface area contributed by atoms with E-state index in [4.69, 9.17) is 10.5 Å². The van der Waals surface area contributed by atoms with E-state index in [0.29, 0.717) is 19.6 Å². The number of ether oxygens (including phenoxy) is 1. The quantitative estimate of drug-likeness (QED) is 0.847. The first-order valence-corrected chi connectivity index (χ1v) is 8.18. The number of nitrogens with zero attached hydrogens (tertiary/aromatic N) is 2. The predicted molar refractivity (Wildman–Crippen MR) is 86.5 cm³/mol. The van der Waals surface area contributed by atoms with Gasteiger partial charge in [0.25, 0.3) is 0 Å². The number of piperidine rings is 1. The fraction of sp³-hybridized carbons (Fsp3) is 0.500. The standard InChI is InChI=1S/C16H20F2N4O3/c17-11-3-4-12(18)14-13(11)22(6-7-25-14)16(24)21-5-1-2-10(9-21)8-20-15(19)23/h3-4,10H,1-2,5-9H2,(H3,19,20,23). The van der Waals surface area contributed by atoms with Crippen LogP contribution in [-0.2, 0) is 0 Å². The third-order valence-corrected chi connectivity index (χ3v) is 4.45. The van der Waals surface area contributed by atoms with Crippen molar-refractivity contribution < 1.29 is 23.1 Å². The summed E-state index contributed by atoms with van der Waals surface area (Å²) in [6, 6.07) is 0.967. The Hall–Kier alpha value is -2.58. The van der Waals surface area contributed by atoms with Gasteiger partial charge in [-0.05, 0) is 30.9 Å².